The van der Waals surface area contributed by atoms with Gasteiger partial charge in [-0.05, 0) is 28.0 Å². The topological polar surface area (TPSA) is 38.8 Å². The molecule has 3 nitrogen and oxygen atoms in total. The molecule has 0 atom stereocenters. The second-order valence-corrected chi connectivity index (χ2v) is 5.33. The van der Waals surface area contributed by atoms with E-state index in [1.807, 2.05) is 48.5 Å². The molecule has 0 amide bonds. The van der Waals surface area contributed by atoms with E-state index in [1.54, 1.807) is 0 Å². The summed E-state index contributed by atoms with van der Waals surface area (Å²) in [7, 11) is 0. The fourth-order valence-electron chi connectivity index (χ4n) is 2.59. The molecule has 0 N–H and O–H groups in total. The highest BCUT2D eigenvalue weighted by molar-refractivity contribution is 6.30. The summed E-state index contributed by atoms with van der Waals surface area (Å²) < 4.78 is 0. The van der Waals surface area contributed by atoms with Crippen LogP contribution in [0.4, 0.5) is 0 Å². The average molecular weight is 296 g/mol. The van der Waals surface area contributed by atoms with Gasteiger partial charge in [0.1, 0.15) is 0 Å². The Morgan fingerprint density at radius 3 is 2.09 bits per heavy atom. The van der Waals surface area contributed by atoms with E-state index < -0.39 is 0 Å². The molecule has 4 rings (SSSR count). The van der Waals surface area contributed by atoms with Gasteiger partial charge in [-0.2, -0.15) is 0 Å². The van der Waals surface area contributed by atoms with Crippen molar-refractivity contribution in [2.75, 3.05) is 0 Å². The van der Waals surface area contributed by atoms with Gasteiger partial charge >= 0.3 is 0 Å². The molecule has 1 heterocycles. The monoisotopic (exact) mass is 296 g/mol. The Labute approximate surface area is 134 Å². The van der Waals surface area contributed by atoms with Crippen LogP contribution in [0, 0.1) is 0 Å². The van der Waals surface area contributed by atoms with Gasteiger partial charge in [0.25, 0.3) is 0 Å². The summed E-state index contributed by atoms with van der Waals surface area (Å²) in [5.41, 5.74) is 1.93. The van der Waals surface area contributed by atoms with Crippen molar-refractivity contribution >= 4 is 22.4 Å². The fourth-order valence-corrected chi connectivity index (χ4v) is 2.59. The summed E-state index contributed by atoms with van der Waals surface area (Å²) in [4.78, 5) is 8.76. The smallest absolute Gasteiger partial charge is 0.0177 e. The zero-order chi connectivity index (χ0) is 15.6. The van der Waals surface area contributed by atoms with E-state index in [0.29, 0.717) is 17.5 Å². The zero-order valence-corrected chi connectivity index (χ0v) is 12.5. The molecule has 23 heavy (non-hydrogen) atoms. The lowest BCUT2D eigenvalue weighted by atomic mass is 10.1. The minimum atomic E-state index is 0.474. The maximum atomic E-state index is 4.62. The molecule has 1 aliphatic rings. The van der Waals surface area contributed by atoms with Gasteiger partial charge in [-0.1, -0.05) is 73.3 Å². The molecule has 3 heteroatoms. The van der Waals surface area contributed by atoms with Crippen LogP contribution < -0.4 is 0 Å². The van der Waals surface area contributed by atoms with Crippen LogP contribution >= 0.6 is 0 Å². The van der Waals surface area contributed by atoms with Gasteiger partial charge in [0, 0.05) is 17.5 Å². The largest absolute Gasteiger partial charge is 0.358 e. The van der Waals surface area contributed by atoms with E-state index >= 15 is 0 Å². The standard InChI is InChI=1S/C20H14N3/c1-14-21-19(16-8-3-2-4-9-16)23-20(22-14)18-12-11-15-7-5-6-10-17(15)13-18/h2-13H,1H2/q-1. The molecule has 0 aromatic heterocycles. The van der Waals surface area contributed by atoms with Gasteiger partial charge in [0.05, 0.1) is 0 Å². The first kappa shape index (κ1) is 13.5. The van der Waals surface area contributed by atoms with E-state index in [0.717, 1.165) is 16.5 Å². The van der Waals surface area contributed by atoms with Crippen LogP contribution in [0.1, 0.15) is 11.1 Å². The Kier molecular flexibility index (Phi) is 3.24. The highest BCUT2D eigenvalue weighted by atomic mass is 15.2. The van der Waals surface area contributed by atoms with E-state index in [9.17, 15) is 0 Å². The summed E-state index contributed by atoms with van der Waals surface area (Å²) >= 11 is 0. The van der Waals surface area contributed by atoms with Gasteiger partial charge < -0.3 is 15.3 Å². The number of hydrogen-bond acceptors (Lipinski definition) is 2. The Morgan fingerprint density at radius 1 is 0.652 bits per heavy atom. The predicted octanol–water partition coefficient (Wildman–Crippen LogP) is 4.89. The maximum Gasteiger partial charge on any atom is 0.0177 e. The molecule has 0 saturated carbocycles. The molecular formula is C20H14N3-. The lowest BCUT2D eigenvalue weighted by molar-refractivity contribution is 1.23. The summed E-state index contributed by atoms with van der Waals surface area (Å²) in [5, 5.41) is 6.98. The summed E-state index contributed by atoms with van der Waals surface area (Å²) in [6, 6.07) is 24.3. The van der Waals surface area contributed by atoms with Crippen LogP contribution in [0.3, 0.4) is 0 Å². The first-order valence-corrected chi connectivity index (χ1v) is 7.42. The molecule has 3 aromatic carbocycles. The van der Waals surface area contributed by atoms with Gasteiger partial charge in [-0.15, -0.1) is 0 Å². The second-order valence-electron chi connectivity index (χ2n) is 5.33. The second kappa shape index (κ2) is 5.54. The van der Waals surface area contributed by atoms with Gasteiger partial charge in [0.15, 0.2) is 0 Å². The van der Waals surface area contributed by atoms with E-state index in [-0.39, 0.29) is 0 Å². The molecule has 0 unspecified atom stereocenters. The molecule has 0 spiro atoms. The van der Waals surface area contributed by atoms with Gasteiger partial charge in [-0.3, -0.25) is 0 Å². The van der Waals surface area contributed by atoms with Crippen molar-refractivity contribution in [3.8, 4) is 0 Å². The minimum Gasteiger partial charge on any atom is -0.358 e. The van der Waals surface area contributed by atoms with Gasteiger partial charge in [-0.25, -0.2) is 0 Å². The normalized spacial score (nSPS) is 14.2. The third-order valence-corrected chi connectivity index (χ3v) is 3.72. The number of aliphatic imine (C=N–C) groups is 2. The number of nitrogens with zero attached hydrogens (tertiary/aromatic N) is 3. The third-order valence-electron chi connectivity index (χ3n) is 3.72. The van der Waals surface area contributed by atoms with Crippen LogP contribution in [0.15, 0.2) is 95.2 Å². The Balaban J connectivity index is 1.72. The molecule has 3 aromatic rings. The first-order chi connectivity index (χ1) is 11.3. The Hall–Kier alpha value is -3.20. The van der Waals surface area contributed by atoms with E-state index in [2.05, 4.69) is 46.1 Å². The summed E-state index contributed by atoms with van der Waals surface area (Å²) in [6.07, 6.45) is 0. The molecule has 0 radical (unpaired) electrons. The fraction of sp³-hybridized carbons (Fsp3) is 0. The SMILES string of the molecule is C=C1N=C(c2ccccc2)[N-]C(c2ccc3ccccc3c2)=N1. The van der Waals surface area contributed by atoms with Crippen molar-refractivity contribution in [1.29, 1.82) is 0 Å². The van der Waals surface area contributed by atoms with E-state index in [1.165, 1.54) is 5.39 Å². The maximum absolute atomic E-state index is 4.62. The molecular weight excluding hydrogens is 282 g/mol. The third kappa shape index (κ3) is 2.64. The number of hydrogen-bond donors (Lipinski definition) is 0. The van der Waals surface area contributed by atoms with Crippen LogP contribution in [-0.4, -0.2) is 11.7 Å². The number of fused-ring (bicyclic) bond motifs is 1. The van der Waals surface area contributed by atoms with Crippen LogP contribution in [0.5, 0.6) is 0 Å². The lowest BCUT2D eigenvalue weighted by Crippen LogP contribution is -2.12. The van der Waals surface area contributed by atoms with Crippen molar-refractivity contribution in [1.82, 2.24) is 0 Å². The lowest BCUT2D eigenvalue weighted by Gasteiger charge is -2.26. The Morgan fingerprint density at radius 2 is 1.30 bits per heavy atom. The van der Waals surface area contributed by atoms with E-state index in [4.69, 9.17) is 0 Å². The van der Waals surface area contributed by atoms with Crippen molar-refractivity contribution < 1.29 is 0 Å². The molecule has 0 aliphatic carbocycles. The number of rotatable bonds is 2. The van der Waals surface area contributed by atoms with Crippen molar-refractivity contribution in [2.24, 2.45) is 9.98 Å². The predicted molar refractivity (Wildman–Crippen MR) is 96.0 cm³/mol. The van der Waals surface area contributed by atoms with Crippen molar-refractivity contribution in [2.45, 2.75) is 0 Å². The van der Waals surface area contributed by atoms with Gasteiger partial charge in [0.2, 0.25) is 0 Å². The summed E-state index contributed by atoms with van der Waals surface area (Å²) in [6.45, 7) is 3.89. The van der Waals surface area contributed by atoms with Crippen molar-refractivity contribution in [3.05, 3.63) is 102 Å². The van der Waals surface area contributed by atoms with Crippen LogP contribution in [-0.2, 0) is 0 Å². The first-order valence-electron chi connectivity index (χ1n) is 7.42. The van der Waals surface area contributed by atoms with Crippen LogP contribution in [0.25, 0.3) is 16.1 Å². The van der Waals surface area contributed by atoms with Crippen LogP contribution in [0.2, 0.25) is 0 Å². The molecule has 110 valence electrons. The molecule has 0 fully saturated rings. The molecule has 0 bridgehead atoms. The van der Waals surface area contributed by atoms with Crippen molar-refractivity contribution in [3.63, 3.8) is 0 Å². The number of benzene rings is 3. The quantitative estimate of drug-likeness (QED) is 0.646. The highest BCUT2D eigenvalue weighted by Crippen LogP contribution is 2.23. The highest BCUT2D eigenvalue weighted by Gasteiger charge is 2.07. The molecule has 0 saturated heterocycles. The average Bonchev–Trinajstić information content (AvgIpc) is 2.61. The minimum absolute atomic E-state index is 0.474. The number of amidine groups is 2. The Bertz CT molecular complexity index is 953. The molecule has 1 aliphatic heterocycles. The zero-order valence-electron chi connectivity index (χ0n) is 12.5. The summed E-state index contributed by atoms with van der Waals surface area (Å²) in [5.74, 6) is 1.77.